The van der Waals surface area contributed by atoms with E-state index in [-0.39, 0.29) is 18.0 Å². The number of likely N-dealkylation sites (tertiary alicyclic amines) is 1. The first-order chi connectivity index (χ1) is 15.0. The summed E-state index contributed by atoms with van der Waals surface area (Å²) in [6.45, 7) is 7.55. The maximum absolute atomic E-state index is 11.9. The fourth-order valence-electron chi connectivity index (χ4n) is 5.69. The third-order valence-electron chi connectivity index (χ3n) is 6.90. The van der Waals surface area contributed by atoms with Gasteiger partial charge in [-0.05, 0) is 37.8 Å². The molecule has 0 aromatic carbocycles. The van der Waals surface area contributed by atoms with Crippen LogP contribution in [0.1, 0.15) is 43.9 Å². The Hall–Kier alpha value is -2.45. The van der Waals surface area contributed by atoms with E-state index in [1.807, 2.05) is 6.92 Å². The Morgan fingerprint density at radius 2 is 2.23 bits per heavy atom. The summed E-state index contributed by atoms with van der Waals surface area (Å²) in [5.74, 6) is 1.14. The molecule has 5 rings (SSSR count). The Kier molecular flexibility index (Phi) is 6.29. The predicted octanol–water partition coefficient (Wildman–Crippen LogP) is 2.24. The van der Waals surface area contributed by atoms with E-state index < -0.39 is 0 Å². The quantitative estimate of drug-likeness (QED) is 0.685. The molecule has 31 heavy (non-hydrogen) atoms. The second-order valence-corrected chi connectivity index (χ2v) is 9.06. The lowest BCUT2D eigenvalue weighted by Crippen LogP contribution is -2.41. The number of rotatable bonds is 6. The molecular weight excluding hydrogens is 396 g/mol. The molecule has 3 saturated heterocycles. The molecule has 8 heteroatoms. The maximum atomic E-state index is 11.9. The first-order valence-corrected chi connectivity index (χ1v) is 11.2. The summed E-state index contributed by atoms with van der Waals surface area (Å²) in [5.41, 5.74) is 3.36. The highest BCUT2D eigenvalue weighted by Crippen LogP contribution is 2.54. The summed E-state index contributed by atoms with van der Waals surface area (Å²) in [6, 6.07) is 4.19. The van der Waals surface area contributed by atoms with Gasteiger partial charge in [0.1, 0.15) is 5.65 Å². The van der Waals surface area contributed by atoms with Crippen LogP contribution in [0, 0.1) is 18.8 Å². The summed E-state index contributed by atoms with van der Waals surface area (Å²) in [6.07, 6.45) is 8.41. The van der Waals surface area contributed by atoms with Gasteiger partial charge in [-0.25, -0.2) is 4.98 Å². The first kappa shape index (κ1) is 21.8. The summed E-state index contributed by atoms with van der Waals surface area (Å²) >= 11 is 0. The molecule has 2 bridgehead atoms. The van der Waals surface area contributed by atoms with Gasteiger partial charge < -0.3 is 19.6 Å². The van der Waals surface area contributed by atoms with Crippen LogP contribution >= 0.6 is 0 Å². The Morgan fingerprint density at radius 1 is 1.42 bits per heavy atom. The number of pyridine rings is 1. The van der Waals surface area contributed by atoms with Crippen LogP contribution in [0.25, 0.3) is 5.65 Å². The second-order valence-electron chi connectivity index (χ2n) is 9.06. The van der Waals surface area contributed by atoms with Crippen LogP contribution in [0.2, 0.25) is 0 Å². The molecule has 168 valence electrons. The van der Waals surface area contributed by atoms with E-state index in [4.69, 9.17) is 19.6 Å². The molecule has 2 aromatic rings. The molecule has 0 aliphatic carbocycles. The Balaban J connectivity index is 0.000000730. The lowest BCUT2D eigenvalue weighted by Gasteiger charge is -2.29. The Bertz CT molecular complexity index is 945. The van der Waals surface area contributed by atoms with E-state index in [2.05, 4.69) is 46.1 Å². The van der Waals surface area contributed by atoms with Crippen molar-refractivity contribution in [1.29, 1.82) is 0 Å². The van der Waals surface area contributed by atoms with Crippen molar-refractivity contribution in [3.63, 3.8) is 0 Å². The van der Waals surface area contributed by atoms with Gasteiger partial charge in [0.2, 0.25) is 5.91 Å². The van der Waals surface area contributed by atoms with Crippen LogP contribution in [0.15, 0.2) is 24.5 Å². The molecule has 0 radical (unpaired) electrons. The maximum Gasteiger partial charge on any atom is 0.290 e. The molecule has 2 N–H and O–H groups in total. The summed E-state index contributed by atoms with van der Waals surface area (Å²) in [4.78, 5) is 27.6. The van der Waals surface area contributed by atoms with Crippen LogP contribution in [-0.2, 0) is 20.9 Å². The van der Waals surface area contributed by atoms with Gasteiger partial charge in [0.05, 0.1) is 17.4 Å². The van der Waals surface area contributed by atoms with E-state index >= 15 is 0 Å². The van der Waals surface area contributed by atoms with Crippen LogP contribution in [-0.4, -0.2) is 63.1 Å². The van der Waals surface area contributed by atoms with Gasteiger partial charge in [-0.15, -0.1) is 0 Å². The fourth-order valence-corrected chi connectivity index (χ4v) is 5.69. The number of nitrogens with zero attached hydrogens (tertiary/aromatic N) is 3. The molecule has 3 fully saturated rings. The SMILES string of the molecule is CCCC(=O)NC[C@H]1[C@H]2CN(Cc3cn4cc(C)ccc4n3)C[C@]23CC[C@H]1O3.O=CO. The van der Waals surface area contributed by atoms with E-state index in [0.717, 1.165) is 56.8 Å². The van der Waals surface area contributed by atoms with Gasteiger partial charge >= 0.3 is 0 Å². The van der Waals surface area contributed by atoms with Crippen LogP contribution < -0.4 is 5.32 Å². The van der Waals surface area contributed by atoms with Crippen molar-refractivity contribution in [2.75, 3.05) is 19.6 Å². The number of hydrogen-bond acceptors (Lipinski definition) is 5. The number of amides is 1. The number of carbonyl (C=O) groups is 2. The van der Waals surface area contributed by atoms with E-state index in [0.29, 0.717) is 24.4 Å². The molecule has 5 heterocycles. The van der Waals surface area contributed by atoms with Crippen molar-refractivity contribution < 1.29 is 19.4 Å². The number of ether oxygens (including phenoxy) is 1. The zero-order chi connectivity index (χ0) is 22.0. The van der Waals surface area contributed by atoms with Gasteiger partial charge in [0.25, 0.3) is 6.47 Å². The molecular formula is C23H32N4O4. The molecule has 4 atom stereocenters. The minimum absolute atomic E-state index is 0.000559. The van der Waals surface area contributed by atoms with E-state index in [9.17, 15) is 4.79 Å². The van der Waals surface area contributed by atoms with Crippen molar-refractivity contribution >= 4 is 18.0 Å². The molecule has 1 amide bonds. The predicted molar refractivity (Wildman–Crippen MR) is 116 cm³/mol. The largest absolute Gasteiger partial charge is 0.483 e. The lowest BCUT2D eigenvalue weighted by molar-refractivity contribution is -0.123. The van der Waals surface area contributed by atoms with Crippen molar-refractivity contribution in [3.8, 4) is 0 Å². The average molecular weight is 429 g/mol. The highest BCUT2D eigenvalue weighted by Gasteiger charge is 2.62. The number of aryl methyl sites for hydroxylation is 1. The van der Waals surface area contributed by atoms with Crippen molar-refractivity contribution in [3.05, 3.63) is 35.8 Å². The first-order valence-electron chi connectivity index (χ1n) is 11.2. The number of imidazole rings is 1. The molecule has 1 spiro atoms. The Morgan fingerprint density at radius 3 is 3.00 bits per heavy atom. The summed E-state index contributed by atoms with van der Waals surface area (Å²) in [5, 5.41) is 10.0. The number of hydrogen-bond donors (Lipinski definition) is 2. The second kappa shape index (κ2) is 8.96. The highest BCUT2D eigenvalue weighted by atomic mass is 16.5. The molecule has 3 aliphatic rings. The van der Waals surface area contributed by atoms with Gasteiger partial charge in [-0.2, -0.15) is 0 Å². The standard InChI is InChI=1S/C22H30N4O2.CH2O2/c1-3-4-21(27)23-9-17-18-13-25(14-22(18)8-7-19(17)28-22)11-16-12-26-10-15(2)5-6-20(26)24-16;2-1-3/h5-6,10,12,17-19H,3-4,7-9,11,13-14H2,1-2H3,(H,23,27);1H,(H,2,3)/t17-,18+,19+,22+;/m0./s1. The molecule has 3 aliphatic heterocycles. The topological polar surface area (TPSA) is 96.2 Å². The van der Waals surface area contributed by atoms with Gasteiger partial charge in [0.15, 0.2) is 0 Å². The number of carboxylic acid groups (broad SMARTS) is 1. The average Bonchev–Trinajstić information content (AvgIpc) is 3.45. The van der Waals surface area contributed by atoms with Crippen molar-refractivity contribution in [2.24, 2.45) is 11.8 Å². The van der Waals surface area contributed by atoms with Crippen LogP contribution in [0.4, 0.5) is 0 Å². The minimum Gasteiger partial charge on any atom is -0.483 e. The van der Waals surface area contributed by atoms with Gasteiger partial charge in [-0.1, -0.05) is 13.0 Å². The zero-order valence-corrected chi connectivity index (χ0v) is 18.3. The Labute approximate surface area is 182 Å². The highest BCUT2D eigenvalue weighted by molar-refractivity contribution is 5.75. The van der Waals surface area contributed by atoms with Crippen molar-refractivity contribution in [1.82, 2.24) is 19.6 Å². The van der Waals surface area contributed by atoms with Crippen LogP contribution in [0.5, 0.6) is 0 Å². The number of fused-ring (bicyclic) bond motifs is 2. The zero-order valence-electron chi connectivity index (χ0n) is 18.3. The molecule has 8 nitrogen and oxygen atoms in total. The third-order valence-corrected chi connectivity index (χ3v) is 6.90. The van der Waals surface area contributed by atoms with Crippen molar-refractivity contribution in [2.45, 2.75) is 57.8 Å². The molecule has 0 unspecified atom stereocenters. The number of aromatic nitrogens is 2. The third kappa shape index (κ3) is 4.32. The van der Waals surface area contributed by atoms with Gasteiger partial charge in [-0.3, -0.25) is 14.5 Å². The number of carbonyl (C=O) groups excluding carboxylic acids is 1. The lowest BCUT2D eigenvalue weighted by atomic mass is 9.73. The minimum atomic E-state index is -0.250. The normalized spacial score (nSPS) is 28.9. The van der Waals surface area contributed by atoms with Crippen LogP contribution in [0.3, 0.4) is 0 Å². The van der Waals surface area contributed by atoms with E-state index in [1.165, 1.54) is 5.56 Å². The summed E-state index contributed by atoms with van der Waals surface area (Å²) < 4.78 is 8.63. The van der Waals surface area contributed by atoms with E-state index in [1.54, 1.807) is 0 Å². The molecule has 2 aromatic heterocycles. The monoisotopic (exact) mass is 428 g/mol. The fraction of sp³-hybridized carbons (Fsp3) is 0.609. The smallest absolute Gasteiger partial charge is 0.290 e. The number of nitrogens with one attached hydrogen (secondary N) is 1. The van der Waals surface area contributed by atoms with Gasteiger partial charge in [0, 0.05) is 56.8 Å². The summed E-state index contributed by atoms with van der Waals surface area (Å²) in [7, 11) is 0. The molecule has 0 saturated carbocycles.